The Hall–Kier alpha value is -5.94. The van der Waals surface area contributed by atoms with Gasteiger partial charge < -0.3 is 29.5 Å². The van der Waals surface area contributed by atoms with Crippen molar-refractivity contribution in [3.8, 4) is 0 Å². The molecular formula is C43H55N7O10. The predicted molar refractivity (Wildman–Crippen MR) is 221 cm³/mol. The zero-order valence-electron chi connectivity index (χ0n) is 35.3. The van der Waals surface area contributed by atoms with Crippen LogP contribution in [0.25, 0.3) is 11.2 Å². The molecule has 1 fully saturated rings. The summed E-state index contributed by atoms with van der Waals surface area (Å²) in [6.07, 6.45) is 0.0474. The van der Waals surface area contributed by atoms with Crippen LogP contribution in [0.3, 0.4) is 0 Å². The Bertz CT molecular complexity index is 2240. The first-order valence-electron chi connectivity index (χ1n) is 20.0. The van der Waals surface area contributed by atoms with E-state index >= 15 is 0 Å². The number of aliphatic hydroxyl groups excluding tert-OH is 1. The van der Waals surface area contributed by atoms with Crippen molar-refractivity contribution in [1.29, 1.82) is 0 Å². The van der Waals surface area contributed by atoms with Crippen molar-refractivity contribution in [2.24, 2.45) is 11.8 Å². The van der Waals surface area contributed by atoms with Crippen LogP contribution < -0.4 is 16.2 Å². The highest BCUT2D eigenvalue weighted by molar-refractivity contribution is 6.04. The van der Waals surface area contributed by atoms with Crippen molar-refractivity contribution in [3.05, 3.63) is 87.5 Å². The maximum Gasteiger partial charge on any atom is 0.410 e. The topological polar surface area (TPSA) is 224 Å². The highest BCUT2D eigenvalue weighted by Crippen LogP contribution is 2.32. The van der Waals surface area contributed by atoms with Crippen LogP contribution in [0.4, 0.5) is 10.7 Å². The number of hydrogen-bond acceptors (Lipinski definition) is 12. The number of hydrogen-bond donors (Lipinski definition) is 4. The van der Waals surface area contributed by atoms with Crippen LogP contribution in [0.5, 0.6) is 0 Å². The van der Waals surface area contributed by atoms with Crippen LogP contribution in [-0.4, -0.2) is 90.1 Å². The number of esters is 1. The number of benzene rings is 2. The van der Waals surface area contributed by atoms with E-state index in [-0.39, 0.29) is 72.4 Å². The lowest BCUT2D eigenvalue weighted by atomic mass is 9.91. The Labute approximate surface area is 348 Å². The Balaban J connectivity index is 1.13. The molecule has 3 amide bonds. The average molecular weight is 830 g/mol. The minimum Gasteiger partial charge on any atom is -0.460 e. The lowest BCUT2D eigenvalue weighted by Gasteiger charge is -2.25. The largest absolute Gasteiger partial charge is 0.460 e. The maximum absolute atomic E-state index is 13.5. The van der Waals surface area contributed by atoms with Gasteiger partial charge in [0.15, 0.2) is 23.2 Å². The van der Waals surface area contributed by atoms with E-state index in [0.717, 1.165) is 0 Å². The van der Waals surface area contributed by atoms with E-state index in [2.05, 4.69) is 25.6 Å². The van der Waals surface area contributed by atoms with Crippen molar-refractivity contribution in [3.63, 3.8) is 0 Å². The number of ketones is 1. The molecule has 1 saturated heterocycles. The van der Waals surface area contributed by atoms with E-state index in [0.29, 0.717) is 29.5 Å². The van der Waals surface area contributed by atoms with E-state index in [9.17, 15) is 33.9 Å². The van der Waals surface area contributed by atoms with Crippen LogP contribution in [0.2, 0.25) is 0 Å². The number of aliphatic hydroxyl groups is 1. The van der Waals surface area contributed by atoms with Gasteiger partial charge in [-0.15, -0.1) is 0 Å². The molecule has 0 aliphatic carbocycles. The SMILES string of the molecule is CC[C@@H]1C[C@@H](O)[C@H](n2cnc3c(=O)[nH]c(NC(=O)c4ccccc4CN(C)C(=O)OCc4ccc(CC(=O)[C@H](C)NC(=O)[C@@H](CC(=O)OC(C)(C)C)C(C)C)cc4)nc32)O1. The molecule has 5 atom stereocenters. The molecule has 0 radical (unpaired) electrons. The van der Waals surface area contributed by atoms with Crippen LogP contribution in [0.1, 0.15) is 101 Å². The van der Waals surface area contributed by atoms with Gasteiger partial charge in [-0.25, -0.2) is 9.78 Å². The number of anilines is 1. The summed E-state index contributed by atoms with van der Waals surface area (Å²) in [5, 5.41) is 16.0. The highest BCUT2D eigenvalue weighted by atomic mass is 16.6. The molecule has 4 N–H and O–H groups in total. The molecule has 2 aromatic carbocycles. The summed E-state index contributed by atoms with van der Waals surface area (Å²) in [5.74, 6) is -2.59. The molecule has 0 spiro atoms. The molecule has 17 heteroatoms. The fourth-order valence-corrected chi connectivity index (χ4v) is 6.75. The molecule has 1 aliphatic rings. The van der Waals surface area contributed by atoms with E-state index in [1.807, 2.05) is 20.8 Å². The second-order valence-corrected chi connectivity index (χ2v) is 16.5. The summed E-state index contributed by atoms with van der Waals surface area (Å²) >= 11 is 0. The lowest BCUT2D eigenvalue weighted by molar-refractivity contribution is -0.158. The van der Waals surface area contributed by atoms with Gasteiger partial charge in [-0.1, -0.05) is 63.2 Å². The molecule has 17 nitrogen and oxygen atoms in total. The van der Waals surface area contributed by atoms with Gasteiger partial charge in [-0.2, -0.15) is 4.98 Å². The fourth-order valence-electron chi connectivity index (χ4n) is 6.75. The molecule has 60 heavy (non-hydrogen) atoms. The van der Waals surface area contributed by atoms with Gasteiger partial charge in [0.2, 0.25) is 11.9 Å². The third kappa shape index (κ3) is 11.6. The molecular weight excluding hydrogens is 775 g/mol. The number of nitrogens with zero attached hydrogens (tertiary/aromatic N) is 4. The fraction of sp³-hybridized carbons (Fsp3) is 0.488. The number of carbonyl (C=O) groups excluding carboxylic acids is 5. The normalized spacial score (nSPS) is 17.5. The van der Waals surface area contributed by atoms with Gasteiger partial charge in [-0.3, -0.25) is 38.8 Å². The van der Waals surface area contributed by atoms with Crippen LogP contribution in [0.15, 0.2) is 59.7 Å². The lowest BCUT2D eigenvalue weighted by Crippen LogP contribution is -2.44. The summed E-state index contributed by atoms with van der Waals surface area (Å²) in [4.78, 5) is 90.3. The second kappa shape index (κ2) is 19.4. The van der Waals surface area contributed by atoms with Crippen LogP contribution in [0, 0.1) is 11.8 Å². The van der Waals surface area contributed by atoms with E-state index in [1.165, 1.54) is 22.8 Å². The molecule has 2 aromatic heterocycles. The smallest absolute Gasteiger partial charge is 0.410 e. The van der Waals surface area contributed by atoms with Crippen molar-refractivity contribution in [2.45, 2.75) is 117 Å². The monoisotopic (exact) mass is 829 g/mol. The van der Waals surface area contributed by atoms with Crippen molar-refractivity contribution < 1.29 is 43.3 Å². The first kappa shape index (κ1) is 45.1. The number of nitrogens with one attached hydrogen (secondary N) is 3. The summed E-state index contributed by atoms with van der Waals surface area (Å²) < 4.78 is 18.3. The molecule has 3 heterocycles. The first-order chi connectivity index (χ1) is 28.3. The van der Waals surface area contributed by atoms with Gasteiger partial charge in [-0.05, 0) is 62.8 Å². The number of Topliss-reactive ketones (excluding diaryl/α,β-unsaturated/α-hetero) is 1. The van der Waals surface area contributed by atoms with Gasteiger partial charge in [0.25, 0.3) is 11.5 Å². The highest BCUT2D eigenvalue weighted by Gasteiger charge is 2.36. The summed E-state index contributed by atoms with van der Waals surface area (Å²) in [7, 11) is 1.53. The van der Waals surface area contributed by atoms with Gasteiger partial charge in [0.05, 0.1) is 30.8 Å². The number of fused-ring (bicyclic) bond motifs is 1. The number of H-pyrrole nitrogens is 1. The number of rotatable bonds is 16. The van der Waals surface area contributed by atoms with Crippen molar-refractivity contribution in [2.75, 3.05) is 12.4 Å². The molecule has 0 bridgehead atoms. The number of aromatic nitrogens is 4. The molecule has 4 aromatic rings. The quantitative estimate of drug-likeness (QED) is 0.112. The minimum atomic E-state index is -0.827. The van der Waals surface area contributed by atoms with Crippen LogP contribution in [-0.2, 0) is 48.2 Å². The molecule has 1 aliphatic heterocycles. The summed E-state index contributed by atoms with van der Waals surface area (Å²) in [6, 6.07) is 12.8. The Morgan fingerprint density at radius 1 is 1.05 bits per heavy atom. The molecule has 5 rings (SSSR count). The van der Waals surface area contributed by atoms with E-state index < -0.39 is 53.4 Å². The maximum atomic E-state index is 13.5. The summed E-state index contributed by atoms with van der Waals surface area (Å²) in [5.41, 5.74) is 1.01. The predicted octanol–water partition coefficient (Wildman–Crippen LogP) is 4.82. The molecule has 0 unspecified atom stereocenters. The minimum absolute atomic E-state index is 0.0162. The molecule has 322 valence electrons. The second-order valence-electron chi connectivity index (χ2n) is 16.5. The Kier molecular flexibility index (Phi) is 14.6. The van der Waals surface area contributed by atoms with Gasteiger partial charge in [0, 0.05) is 32.0 Å². The van der Waals surface area contributed by atoms with Crippen molar-refractivity contribution >= 4 is 46.8 Å². The zero-order chi connectivity index (χ0) is 43.9. The zero-order valence-corrected chi connectivity index (χ0v) is 35.3. The Morgan fingerprint density at radius 2 is 1.73 bits per heavy atom. The van der Waals surface area contributed by atoms with E-state index in [1.54, 1.807) is 76.2 Å². The number of ether oxygens (including phenoxy) is 3. The first-order valence-corrected chi connectivity index (χ1v) is 20.0. The van der Waals surface area contributed by atoms with Crippen LogP contribution >= 0.6 is 0 Å². The van der Waals surface area contributed by atoms with Gasteiger partial charge >= 0.3 is 12.1 Å². The number of imidazole rings is 1. The number of aromatic amines is 1. The number of amides is 3. The summed E-state index contributed by atoms with van der Waals surface area (Å²) in [6.45, 7) is 12.5. The third-order valence-corrected chi connectivity index (χ3v) is 10.1. The third-order valence-electron chi connectivity index (χ3n) is 10.1. The standard InChI is InChI=1S/C43H55N7O10/c1-9-29-19-33(52)40(59-29)50-23-44-35-36(50)46-41(48-39(35)56)47-37(54)30-13-11-10-12-28(30)21-49(8)42(57)58-22-27-16-14-26(15-17-27)18-32(51)25(4)45-38(55)31(24(2)3)20-34(53)60-43(5,6)7/h10-17,23-25,29,31,33,40,52H,9,18-22H2,1-8H3,(H,45,55)(H2,46,47,48,54,56)/t25-,29+,31-,33+,40+/m0/s1. The Morgan fingerprint density at radius 3 is 2.38 bits per heavy atom. The van der Waals surface area contributed by atoms with Crippen molar-refractivity contribution in [1.82, 2.24) is 29.7 Å². The van der Waals surface area contributed by atoms with E-state index in [4.69, 9.17) is 14.2 Å². The number of carbonyl (C=O) groups is 5. The van der Waals surface area contributed by atoms with Gasteiger partial charge in [0.1, 0.15) is 18.3 Å². The average Bonchev–Trinajstić information content (AvgIpc) is 3.78. The molecule has 0 saturated carbocycles.